The van der Waals surface area contributed by atoms with Crippen LogP contribution in [0.2, 0.25) is 0 Å². The van der Waals surface area contributed by atoms with Gasteiger partial charge in [0.1, 0.15) is 17.3 Å². The number of nitrogens with zero attached hydrogens (tertiary/aromatic N) is 1. The first kappa shape index (κ1) is 16.9. The number of aryl methyl sites for hydroxylation is 1. The summed E-state index contributed by atoms with van der Waals surface area (Å²) in [6.07, 6.45) is 2.20. The van der Waals surface area contributed by atoms with E-state index in [1.165, 1.54) is 7.11 Å². The number of rotatable bonds is 4. The summed E-state index contributed by atoms with van der Waals surface area (Å²) in [5, 5.41) is 15.3. The average Bonchev–Trinajstić information content (AvgIpc) is 2.98. The van der Waals surface area contributed by atoms with Gasteiger partial charge in [-0.15, -0.1) is 0 Å². The van der Waals surface area contributed by atoms with E-state index in [-0.39, 0.29) is 5.76 Å². The topological polar surface area (TPSA) is 93.3 Å². The number of carbonyl (C=O) groups is 1. The van der Waals surface area contributed by atoms with E-state index >= 15 is 0 Å². The second-order valence-electron chi connectivity index (χ2n) is 5.77. The highest BCUT2D eigenvalue weighted by molar-refractivity contribution is 6.09. The van der Waals surface area contributed by atoms with Crippen molar-refractivity contribution in [2.24, 2.45) is 5.16 Å². The maximum atomic E-state index is 12.7. The van der Waals surface area contributed by atoms with Crippen molar-refractivity contribution in [1.29, 1.82) is 0 Å². The Kier molecular flexibility index (Phi) is 4.65. The predicted octanol–water partition coefficient (Wildman–Crippen LogP) is 3.37. The summed E-state index contributed by atoms with van der Waals surface area (Å²) in [6.45, 7) is 1.79. The molecule has 7 nitrogen and oxygen atoms in total. The van der Waals surface area contributed by atoms with E-state index in [4.69, 9.17) is 13.9 Å². The molecule has 1 amide bonds. The van der Waals surface area contributed by atoms with Crippen molar-refractivity contribution in [2.75, 3.05) is 19.5 Å². The Morgan fingerprint density at radius 2 is 2.08 bits per heavy atom. The van der Waals surface area contributed by atoms with Gasteiger partial charge in [-0.05, 0) is 31.9 Å². The molecule has 1 aliphatic rings. The fourth-order valence-electron chi connectivity index (χ4n) is 3.08. The summed E-state index contributed by atoms with van der Waals surface area (Å²) in [4.78, 5) is 12.7. The fraction of sp³-hybridized carbons (Fsp3) is 0.333. The van der Waals surface area contributed by atoms with Crippen molar-refractivity contribution < 1.29 is 23.9 Å². The van der Waals surface area contributed by atoms with Gasteiger partial charge in [0.25, 0.3) is 5.91 Å². The highest BCUT2D eigenvalue weighted by Crippen LogP contribution is 2.32. The fourth-order valence-corrected chi connectivity index (χ4v) is 3.08. The molecular formula is C18H20N2O5. The van der Waals surface area contributed by atoms with E-state index in [0.29, 0.717) is 47.1 Å². The van der Waals surface area contributed by atoms with Crippen LogP contribution in [0.1, 0.15) is 40.3 Å². The van der Waals surface area contributed by atoms with E-state index in [0.717, 1.165) is 12.0 Å². The molecule has 0 saturated carbocycles. The lowest BCUT2D eigenvalue weighted by atomic mass is 9.93. The van der Waals surface area contributed by atoms with Crippen LogP contribution in [0.4, 0.5) is 5.69 Å². The molecule has 1 aromatic carbocycles. The summed E-state index contributed by atoms with van der Waals surface area (Å²) in [6, 6.07) is 5.13. The minimum absolute atomic E-state index is 0.206. The molecule has 0 atom stereocenters. The quantitative estimate of drug-likeness (QED) is 0.655. The molecule has 0 spiro atoms. The maximum absolute atomic E-state index is 12.7. The van der Waals surface area contributed by atoms with Crippen molar-refractivity contribution in [3.8, 4) is 11.5 Å². The largest absolute Gasteiger partial charge is 0.497 e. The third-order valence-electron chi connectivity index (χ3n) is 4.31. The number of hydrogen-bond acceptors (Lipinski definition) is 6. The number of benzene rings is 1. The molecule has 2 N–H and O–H groups in total. The molecule has 0 fully saturated rings. The van der Waals surface area contributed by atoms with Crippen LogP contribution in [0.15, 0.2) is 27.8 Å². The summed E-state index contributed by atoms with van der Waals surface area (Å²) in [5.41, 5.74) is 2.44. The molecular weight excluding hydrogens is 324 g/mol. The van der Waals surface area contributed by atoms with Gasteiger partial charge < -0.3 is 24.4 Å². The van der Waals surface area contributed by atoms with E-state index in [2.05, 4.69) is 10.5 Å². The summed E-state index contributed by atoms with van der Waals surface area (Å²) in [5.74, 6) is 1.61. The zero-order valence-corrected chi connectivity index (χ0v) is 14.4. The Morgan fingerprint density at radius 3 is 2.76 bits per heavy atom. The summed E-state index contributed by atoms with van der Waals surface area (Å²) >= 11 is 0. The van der Waals surface area contributed by atoms with Crippen molar-refractivity contribution in [3.05, 3.63) is 40.8 Å². The second-order valence-corrected chi connectivity index (χ2v) is 5.77. The third kappa shape index (κ3) is 3.05. The van der Waals surface area contributed by atoms with Gasteiger partial charge in [0, 0.05) is 23.6 Å². The number of hydrogen-bond donors (Lipinski definition) is 2. The van der Waals surface area contributed by atoms with Crippen LogP contribution >= 0.6 is 0 Å². The zero-order chi connectivity index (χ0) is 18.0. The Bertz CT molecular complexity index is 838. The molecule has 3 rings (SSSR count). The van der Waals surface area contributed by atoms with Gasteiger partial charge in [-0.2, -0.15) is 0 Å². The molecule has 132 valence electrons. The molecule has 1 aromatic heterocycles. The number of anilines is 1. The van der Waals surface area contributed by atoms with Crippen molar-refractivity contribution in [3.63, 3.8) is 0 Å². The Hall–Kier alpha value is -2.96. The van der Waals surface area contributed by atoms with Crippen molar-refractivity contribution in [1.82, 2.24) is 0 Å². The van der Waals surface area contributed by atoms with Gasteiger partial charge in [0.15, 0.2) is 5.76 Å². The van der Waals surface area contributed by atoms with Crippen molar-refractivity contribution in [2.45, 2.75) is 26.2 Å². The smallest absolute Gasteiger partial charge is 0.291 e. The van der Waals surface area contributed by atoms with Crippen LogP contribution in [0.25, 0.3) is 0 Å². The molecule has 0 bridgehead atoms. The highest BCUT2D eigenvalue weighted by atomic mass is 16.5. The Labute approximate surface area is 145 Å². The number of amides is 1. The van der Waals surface area contributed by atoms with Gasteiger partial charge in [0.05, 0.1) is 25.6 Å². The van der Waals surface area contributed by atoms with Crippen LogP contribution in [0.3, 0.4) is 0 Å². The van der Waals surface area contributed by atoms with Crippen LogP contribution in [-0.2, 0) is 6.42 Å². The van der Waals surface area contributed by atoms with Gasteiger partial charge >= 0.3 is 0 Å². The number of methoxy groups -OCH3 is 2. The second kappa shape index (κ2) is 6.88. The normalized spacial score (nSPS) is 14.9. The number of furan rings is 1. The average molecular weight is 344 g/mol. The van der Waals surface area contributed by atoms with Crippen LogP contribution < -0.4 is 14.8 Å². The van der Waals surface area contributed by atoms with E-state index in [1.54, 1.807) is 32.2 Å². The lowest BCUT2D eigenvalue weighted by molar-refractivity contribution is 0.0993. The lowest BCUT2D eigenvalue weighted by Crippen LogP contribution is -2.14. The molecule has 1 heterocycles. The Balaban J connectivity index is 1.94. The van der Waals surface area contributed by atoms with Crippen LogP contribution in [0, 0.1) is 6.92 Å². The van der Waals surface area contributed by atoms with Crippen LogP contribution in [0.5, 0.6) is 11.5 Å². The number of carbonyl (C=O) groups excluding carboxylic acids is 1. The molecule has 0 unspecified atom stereocenters. The molecule has 0 aliphatic heterocycles. The first-order chi connectivity index (χ1) is 12.1. The number of oxime groups is 1. The Morgan fingerprint density at radius 1 is 1.28 bits per heavy atom. The number of nitrogens with one attached hydrogen (secondary N) is 1. The van der Waals surface area contributed by atoms with Crippen LogP contribution in [-0.4, -0.2) is 31.0 Å². The first-order valence-corrected chi connectivity index (χ1v) is 7.96. The summed E-state index contributed by atoms with van der Waals surface area (Å²) < 4.78 is 16.2. The molecule has 25 heavy (non-hydrogen) atoms. The molecule has 0 saturated heterocycles. The molecule has 0 radical (unpaired) electrons. The molecule has 2 aromatic rings. The predicted molar refractivity (Wildman–Crippen MR) is 92.2 cm³/mol. The number of ether oxygens (including phenoxy) is 2. The van der Waals surface area contributed by atoms with Gasteiger partial charge in [-0.1, -0.05) is 5.16 Å². The van der Waals surface area contributed by atoms with Gasteiger partial charge in [-0.3, -0.25) is 4.79 Å². The van der Waals surface area contributed by atoms with E-state index < -0.39 is 5.91 Å². The minimum atomic E-state index is -0.393. The minimum Gasteiger partial charge on any atom is -0.497 e. The summed E-state index contributed by atoms with van der Waals surface area (Å²) in [7, 11) is 3.08. The first-order valence-electron chi connectivity index (χ1n) is 7.96. The zero-order valence-electron chi connectivity index (χ0n) is 14.4. The lowest BCUT2D eigenvalue weighted by Gasteiger charge is -2.11. The standard InChI is InChI=1S/C18H20N2O5/c1-10-16-12(20-22)5-4-6-15(16)25-17(10)18(21)19-13-9-11(23-2)7-8-14(13)24-3/h7-9,22H,4-6H2,1-3H3,(H,19,21)/b20-12+. The van der Waals surface area contributed by atoms with Gasteiger partial charge in [0.2, 0.25) is 0 Å². The maximum Gasteiger partial charge on any atom is 0.291 e. The molecule has 1 aliphatic carbocycles. The van der Waals surface area contributed by atoms with E-state index in [1.807, 2.05) is 0 Å². The third-order valence-corrected chi connectivity index (χ3v) is 4.31. The SMILES string of the molecule is COc1ccc(OC)c(NC(=O)c2oc3c(c2C)/C(=N/O)CCC3)c1. The van der Waals surface area contributed by atoms with Crippen molar-refractivity contribution >= 4 is 17.3 Å². The highest BCUT2D eigenvalue weighted by Gasteiger charge is 2.28. The monoisotopic (exact) mass is 344 g/mol. The van der Waals surface area contributed by atoms with E-state index in [9.17, 15) is 10.0 Å². The van der Waals surface area contributed by atoms with Gasteiger partial charge in [-0.25, -0.2) is 0 Å². The molecule has 7 heteroatoms. The number of fused-ring (bicyclic) bond motifs is 1.